The average molecular weight is 445 g/mol. The molecule has 0 atom stereocenters. The lowest BCUT2D eigenvalue weighted by Gasteiger charge is -2.20. The van der Waals surface area contributed by atoms with Crippen molar-refractivity contribution in [1.82, 2.24) is 15.1 Å². The average Bonchev–Trinajstić information content (AvgIpc) is 2.98. The van der Waals surface area contributed by atoms with E-state index in [-0.39, 0.29) is 11.3 Å². The van der Waals surface area contributed by atoms with E-state index in [1.165, 1.54) is 44.5 Å². The highest BCUT2D eigenvalue weighted by molar-refractivity contribution is 6.33. The number of halogens is 5. The lowest BCUT2D eigenvalue weighted by Crippen LogP contribution is -2.29. The molecule has 0 aliphatic heterocycles. The van der Waals surface area contributed by atoms with E-state index in [1.54, 1.807) is 0 Å². The van der Waals surface area contributed by atoms with Gasteiger partial charge in [-0.3, -0.25) is 4.68 Å². The zero-order chi connectivity index (χ0) is 22.1. The third kappa shape index (κ3) is 4.59. The van der Waals surface area contributed by atoms with E-state index in [1.807, 2.05) is 0 Å². The molecule has 0 unspecified atom stereocenters. The Morgan fingerprint density at radius 3 is 2.43 bits per heavy atom. The Kier molecular flexibility index (Phi) is 6.06. The Morgan fingerprint density at radius 1 is 1.20 bits per heavy atom. The largest absolute Gasteiger partial charge is 0.500 e. The van der Waals surface area contributed by atoms with Crippen LogP contribution in [-0.2, 0) is 18.0 Å². The van der Waals surface area contributed by atoms with Crippen molar-refractivity contribution < 1.29 is 27.1 Å². The number of ether oxygens (including phenoxy) is 1. The number of aryl methyl sites for hydroxylation is 1. The Labute approximate surface area is 174 Å². The number of allylic oxidation sites excluding steroid dienone is 4. The number of methoxy groups -OCH3 is 1. The third-order valence-corrected chi connectivity index (χ3v) is 4.73. The number of rotatable bonds is 4. The Morgan fingerprint density at radius 2 is 1.87 bits per heavy atom. The molecule has 0 saturated heterocycles. The fraction of sp³-hybridized carbons (Fsp3) is 0.263. The van der Waals surface area contributed by atoms with Crippen LogP contribution in [0.4, 0.5) is 28.0 Å². The molecule has 1 heterocycles. The minimum absolute atomic E-state index is 0.0267. The molecule has 0 bridgehead atoms. The van der Waals surface area contributed by atoms with E-state index in [4.69, 9.17) is 16.3 Å². The van der Waals surface area contributed by atoms with Crippen molar-refractivity contribution in [2.75, 3.05) is 12.4 Å². The van der Waals surface area contributed by atoms with E-state index in [9.17, 15) is 22.4 Å². The third-order valence-electron chi connectivity index (χ3n) is 4.38. The molecular weight excluding hydrogens is 428 g/mol. The highest BCUT2D eigenvalue weighted by atomic mass is 35.5. The molecule has 2 aromatic rings. The predicted octanol–water partition coefficient (Wildman–Crippen LogP) is 5.09. The number of anilines is 1. The van der Waals surface area contributed by atoms with E-state index >= 15 is 0 Å². The van der Waals surface area contributed by atoms with Crippen molar-refractivity contribution >= 4 is 28.9 Å². The maximum absolute atomic E-state index is 13.2. The number of carbonyl (C=O) groups is 1. The Hall–Kier alpha value is -3.01. The number of hydrogen-bond acceptors (Lipinski definition) is 3. The topological polar surface area (TPSA) is 68.2 Å². The molecule has 2 N–H and O–H groups in total. The highest BCUT2D eigenvalue weighted by Crippen LogP contribution is 2.40. The van der Waals surface area contributed by atoms with Gasteiger partial charge in [0, 0.05) is 30.4 Å². The quantitative estimate of drug-likeness (QED) is 0.645. The lowest BCUT2D eigenvalue weighted by atomic mass is 9.99. The van der Waals surface area contributed by atoms with Crippen molar-refractivity contribution in [2.24, 2.45) is 7.05 Å². The standard InChI is InChI=1S/C19H17ClF4N4O2/c1-28-16(15(20)17(27-28)19(22,23)24)13-9-12(7-8-14(13)30-2)26-18(29)25-11-5-3-10(21)4-6-11/h3-6,9H,7-8H2,1-2H3,(H2,25,26,29). The number of nitrogens with zero attached hydrogens (tertiary/aromatic N) is 2. The van der Waals surface area contributed by atoms with Crippen molar-refractivity contribution in [2.45, 2.75) is 19.0 Å². The van der Waals surface area contributed by atoms with Gasteiger partial charge < -0.3 is 15.4 Å². The summed E-state index contributed by atoms with van der Waals surface area (Å²) in [7, 11) is 2.74. The summed E-state index contributed by atoms with van der Waals surface area (Å²) in [5, 5.41) is 8.11. The number of amides is 2. The first-order chi connectivity index (χ1) is 14.1. The van der Waals surface area contributed by atoms with Crippen LogP contribution in [0.2, 0.25) is 5.02 Å². The van der Waals surface area contributed by atoms with Crippen molar-refractivity contribution in [3.05, 3.63) is 64.0 Å². The molecule has 1 aliphatic rings. The van der Waals surface area contributed by atoms with Crippen LogP contribution >= 0.6 is 11.6 Å². The number of urea groups is 1. The summed E-state index contributed by atoms with van der Waals surface area (Å²) in [6.45, 7) is 0. The monoisotopic (exact) mass is 444 g/mol. The minimum atomic E-state index is -4.71. The van der Waals surface area contributed by atoms with E-state index in [0.717, 1.165) is 4.68 Å². The second-order valence-corrected chi connectivity index (χ2v) is 6.81. The smallest absolute Gasteiger partial charge is 0.436 e. The van der Waals surface area contributed by atoms with Crippen molar-refractivity contribution in [1.29, 1.82) is 0 Å². The summed E-state index contributed by atoms with van der Waals surface area (Å²) >= 11 is 5.99. The van der Waals surface area contributed by atoms with Gasteiger partial charge in [-0.15, -0.1) is 0 Å². The SMILES string of the molecule is COC1=C(c2c(Cl)c(C(F)(F)F)nn2C)C=C(NC(=O)Nc2ccc(F)cc2)CC1. The van der Waals surface area contributed by atoms with E-state index < -0.39 is 28.7 Å². The summed E-state index contributed by atoms with van der Waals surface area (Å²) in [4.78, 5) is 12.2. The normalized spacial score (nSPS) is 14.4. The maximum Gasteiger partial charge on any atom is 0.436 e. The molecule has 3 rings (SSSR count). The van der Waals surface area contributed by atoms with Crippen LogP contribution in [0.1, 0.15) is 24.2 Å². The van der Waals surface area contributed by atoms with Crippen LogP contribution in [-0.4, -0.2) is 22.9 Å². The van der Waals surface area contributed by atoms with Gasteiger partial charge in [-0.05, 0) is 36.8 Å². The molecule has 0 radical (unpaired) electrons. The molecule has 0 fully saturated rings. The molecule has 0 spiro atoms. The summed E-state index contributed by atoms with van der Waals surface area (Å²) in [6.07, 6.45) is -2.51. The molecular formula is C19H17ClF4N4O2. The fourth-order valence-corrected chi connectivity index (χ4v) is 3.40. The van der Waals surface area contributed by atoms with Gasteiger partial charge in [0.2, 0.25) is 0 Å². The molecule has 6 nitrogen and oxygen atoms in total. The predicted molar refractivity (Wildman–Crippen MR) is 103 cm³/mol. The van der Waals surface area contributed by atoms with Gasteiger partial charge in [-0.25, -0.2) is 9.18 Å². The second-order valence-electron chi connectivity index (χ2n) is 6.43. The fourth-order valence-electron chi connectivity index (χ4n) is 3.03. The number of hydrogen-bond donors (Lipinski definition) is 2. The zero-order valence-electron chi connectivity index (χ0n) is 15.9. The van der Waals surface area contributed by atoms with Gasteiger partial charge >= 0.3 is 12.2 Å². The summed E-state index contributed by atoms with van der Waals surface area (Å²) in [6, 6.07) is 4.60. The molecule has 160 valence electrons. The Balaban J connectivity index is 1.88. The summed E-state index contributed by atoms with van der Waals surface area (Å²) in [5.74, 6) is -0.0257. The molecule has 2 amide bonds. The van der Waals surface area contributed by atoms with Crippen LogP contribution in [0.3, 0.4) is 0 Å². The number of nitrogens with one attached hydrogen (secondary N) is 2. The summed E-state index contributed by atoms with van der Waals surface area (Å²) in [5.41, 5.74) is -0.0679. The number of alkyl halides is 3. The number of aromatic nitrogens is 2. The van der Waals surface area contributed by atoms with Gasteiger partial charge in [0.05, 0.1) is 17.8 Å². The van der Waals surface area contributed by atoms with Crippen molar-refractivity contribution in [3.63, 3.8) is 0 Å². The zero-order valence-corrected chi connectivity index (χ0v) is 16.7. The van der Waals surface area contributed by atoms with Gasteiger partial charge in [0.15, 0.2) is 5.69 Å². The molecule has 0 saturated carbocycles. The number of benzene rings is 1. The molecule has 30 heavy (non-hydrogen) atoms. The first-order valence-corrected chi connectivity index (χ1v) is 9.09. The first kappa shape index (κ1) is 21.7. The van der Waals surface area contributed by atoms with Crippen LogP contribution in [0, 0.1) is 5.82 Å². The molecule has 1 aromatic heterocycles. The Bertz CT molecular complexity index is 1030. The highest BCUT2D eigenvalue weighted by Gasteiger charge is 2.39. The van der Waals surface area contributed by atoms with Gasteiger partial charge in [-0.2, -0.15) is 18.3 Å². The van der Waals surface area contributed by atoms with Crippen LogP contribution in [0.15, 0.2) is 41.8 Å². The molecule has 11 heteroatoms. The van der Waals surface area contributed by atoms with Crippen LogP contribution in [0.5, 0.6) is 0 Å². The number of carbonyl (C=O) groups excluding carboxylic acids is 1. The summed E-state index contributed by atoms with van der Waals surface area (Å²) < 4.78 is 58.8. The van der Waals surface area contributed by atoms with E-state index in [2.05, 4.69) is 15.7 Å². The van der Waals surface area contributed by atoms with Crippen LogP contribution < -0.4 is 10.6 Å². The van der Waals surface area contributed by atoms with Gasteiger partial charge in [-0.1, -0.05) is 11.6 Å². The minimum Gasteiger partial charge on any atom is -0.500 e. The van der Waals surface area contributed by atoms with Crippen LogP contribution in [0.25, 0.3) is 5.57 Å². The molecule has 1 aromatic carbocycles. The lowest BCUT2D eigenvalue weighted by molar-refractivity contribution is -0.141. The maximum atomic E-state index is 13.2. The van der Waals surface area contributed by atoms with Gasteiger partial charge in [0.25, 0.3) is 0 Å². The van der Waals surface area contributed by atoms with Gasteiger partial charge in [0.1, 0.15) is 11.6 Å². The van der Waals surface area contributed by atoms with E-state index in [0.29, 0.717) is 30.0 Å². The molecule has 1 aliphatic carbocycles. The first-order valence-electron chi connectivity index (χ1n) is 8.71. The second kappa shape index (κ2) is 8.39. The van der Waals surface area contributed by atoms with Crippen molar-refractivity contribution in [3.8, 4) is 0 Å².